The Balaban J connectivity index is 2.31. The fourth-order valence-electron chi connectivity index (χ4n) is 1.73. The maximum Gasteiger partial charge on any atom is 0.337 e. The van der Waals surface area contributed by atoms with Crippen LogP contribution in [0.5, 0.6) is 0 Å². The third-order valence-corrected chi connectivity index (χ3v) is 3.79. The van der Waals surface area contributed by atoms with Gasteiger partial charge in [0, 0.05) is 15.1 Å². The first-order valence-corrected chi connectivity index (χ1v) is 7.16. The fourth-order valence-corrected chi connectivity index (χ4v) is 2.27. The van der Waals surface area contributed by atoms with Crippen molar-refractivity contribution in [2.45, 2.75) is 6.92 Å². The van der Waals surface area contributed by atoms with Crippen LogP contribution in [0, 0.1) is 6.92 Å². The molecule has 0 aliphatic carbocycles. The van der Waals surface area contributed by atoms with Crippen molar-refractivity contribution in [3.63, 3.8) is 0 Å². The molecule has 4 nitrogen and oxygen atoms in total. The van der Waals surface area contributed by atoms with E-state index >= 15 is 0 Å². The van der Waals surface area contributed by atoms with Crippen molar-refractivity contribution < 1.29 is 14.7 Å². The number of amides is 1. The van der Waals surface area contributed by atoms with Crippen LogP contribution in [0.4, 0.5) is 5.69 Å². The van der Waals surface area contributed by atoms with E-state index in [0.29, 0.717) is 15.1 Å². The zero-order chi connectivity index (χ0) is 15.6. The van der Waals surface area contributed by atoms with Gasteiger partial charge in [0.05, 0.1) is 11.3 Å². The maximum absolute atomic E-state index is 12.2. The number of rotatable bonds is 3. The Morgan fingerprint density at radius 1 is 1.19 bits per heavy atom. The van der Waals surface area contributed by atoms with Gasteiger partial charge >= 0.3 is 5.97 Å². The molecule has 0 bridgehead atoms. The van der Waals surface area contributed by atoms with Gasteiger partial charge in [-0.15, -0.1) is 0 Å². The Labute approximate surface area is 134 Å². The van der Waals surface area contributed by atoms with Crippen LogP contribution in [0.1, 0.15) is 26.3 Å². The lowest BCUT2D eigenvalue weighted by atomic mass is 10.1. The molecule has 2 N–H and O–H groups in total. The number of carbonyl (C=O) groups is 2. The molecule has 0 heterocycles. The van der Waals surface area contributed by atoms with E-state index in [1.165, 1.54) is 12.1 Å². The molecule has 0 fully saturated rings. The standard InChI is InChI=1S/C15H11BrClNO3/c1-8-2-3-9(6-12(8)17)14(19)18-13-5-4-10(16)7-11(13)15(20)21/h2-7H,1H3,(H,18,19)(H,20,21). The van der Waals surface area contributed by atoms with Gasteiger partial charge in [-0.25, -0.2) is 4.79 Å². The molecular weight excluding hydrogens is 358 g/mol. The highest BCUT2D eigenvalue weighted by Crippen LogP contribution is 2.23. The molecule has 0 spiro atoms. The van der Waals surface area contributed by atoms with E-state index in [1.807, 2.05) is 6.92 Å². The van der Waals surface area contributed by atoms with Gasteiger partial charge in [-0.2, -0.15) is 0 Å². The number of carboxylic acids is 1. The number of benzene rings is 2. The van der Waals surface area contributed by atoms with E-state index in [-0.39, 0.29) is 11.3 Å². The normalized spacial score (nSPS) is 10.2. The first-order valence-electron chi connectivity index (χ1n) is 5.99. The molecule has 1 amide bonds. The minimum Gasteiger partial charge on any atom is -0.478 e. The van der Waals surface area contributed by atoms with Crippen molar-refractivity contribution in [1.29, 1.82) is 0 Å². The molecule has 0 unspecified atom stereocenters. The second-order valence-corrected chi connectivity index (χ2v) is 5.74. The van der Waals surface area contributed by atoms with Gasteiger partial charge in [-0.05, 0) is 42.8 Å². The third-order valence-electron chi connectivity index (χ3n) is 2.89. The van der Waals surface area contributed by atoms with Crippen LogP contribution in [0.2, 0.25) is 5.02 Å². The molecule has 0 saturated carbocycles. The number of halogens is 2. The molecule has 2 rings (SSSR count). The molecule has 2 aromatic carbocycles. The number of carboxylic acid groups (broad SMARTS) is 1. The average Bonchev–Trinajstić information content (AvgIpc) is 2.43. The van der Waals surface area contributed by atoms with Crippen molar-refractivity contribution in [3.05, 3.63) is 62.6 Å². The third kappa shape index (κ3) is 3.62. The van der Waals surface area contributed by atoms with E-state index in [1.54, 1.807) is 24.3 Å². The Morgan fingerprint density at radius 2 is 1.90 bits per heavy atom. The molecule has 0 aliphatic heterocycles. The van der Waals surface area contributed by atoms with Crippen LogP contribution >= 0.6 is 27.5 Å². The molecule has 6 heteroatoms. The average molecular weight is 369 g/mol. The second-order valence-electron chi connectivity index (χ2n) is 4.41. The fraction of sp³-hybridized carbons (Fsp3) is 0.0667. The molecule has 0 radical (unpaired) electrons. The van der Waals surface area contributed by atoms with Crippen molar-refractivity contribution >= 4 is 45.1 Å². The van der Waals surface area contributed by atoms with E-state index in [2.05, 4.69) is 21.2 Å². The lowest BCUT2D eigenvalue weighted by molar-refractivity contribution is 0.0698. The summed E-state index contributed by atoms with van der Waals surface area (Å²) in [4.78, 5) is 23.4. The first kappa shape index (κ1) is 15.5. The Bertz CT molecular complexity index is 731. The largest absolute Gasteiger partial charge is 0.478 e. The smallest absolute Gasteiger partial charge is 0.337 e. The van der Waals surface area contributed by atoms with Gasteiger partial charge in [0.15, 0.2) is 0 Å². The van der Waals surface area contributed by atoms with Gasteiger partial charge in [0.25, 0.3) is 5.91 Å². The Hall–Kier alpha value is -1.85. The molecular formula is C15H11BrClNO3. The first-order chi connectivity index (χ1) is 9.88. The summed E-state index contributed by atoms with van der Waals surface area (Å²) in [5, 5.41) is 12.2. The summed E-state index contributed by atoms with van der Waals surface area (Å²) in [6.45, 7) is 1.83. The summed E-state index contributed by atoms with van der Waals surface area (Å²) < 4.78 is 0.622. The summed E-state index contributed by atoms with van der Waals surface area (Å²) >= 11 is 9.18. The van der Waals surface area contributed by atoms with Crippen LogP contribution in [0.25, 0.3) is 0 Å². The van der Waals surface area contributed by atoms with Crippen LogP contribution in [-0.2, 0) is 0 Å². The molecule has 0 atom stereocenters. The summed E-state index contributed by atoms with van der Waals surface area (Å²) in [6.07, 6.45) is 0. The van der Waals surface area contributed by atoms with Gasteiger partial charge in [0.1, 0.15) is 0 Å². The Morgan fingerprint density at radius 3 is 2.52 bits per heavy atom. The molecule has 108 valence electrons. The maximum atomic E-state index is 12.2. The molecule has 2 aromatic rings. The monoisotopic (exact) mass is 367 g/mol. The lowest BCUT2D eigenvalue weighted by Gasteiger charge is -2.09. The highest BCUT2D eigenvalue weighted by atomic mass is 79.9. The highest BCUT2D eigenvalue weighted by Gasteiger charge is 2.14. The number of carbonyl (C=O) groups excluding carboxylic acids is 1. The van der Waals surface area contributed by atoms with Crippen LogP contribution in [-0.4, -0.2) is 17.0 Å². The minimum atomic E-state index is -1.12. The lowest BCUT2D eigenvalue weighted by Crippen LogP contribution is -2.15. The SMILES string of the molecule is Cc1ccc(C(=O)Nc2ccc(Br)cc2C(=O)O)cc1Cl. The predicted octanol–water partition coefficient (Wildman–Crippen LogP) is 4.36. The van der Waals surface area contributed by atoms with Crippen molar-refractivity contribution in [2.75, 3.05) is 5.32 Å². The predicted molar refractivity (Wildman–Crippen MR) is 85.2 cm³/mol. The number of hydrogen-bond acceptors (Lipinski definition) is 2. The van der Waals surface area contributed by atoms with E-state index < -0.39 is 11.9 Å². The number of hydrogen-bond donors (Lipinski definition) is 2. The molecule has 21 heavy (non-hydrogen) atoms. The summed E-state index contributed by atoms with van der Waals surface area (Å²) in [5.41, 5.74) is 1.47. The Kier molecular flexibility index (Phi) is 4.65. The second kappa shape index (κ2) is 6.28. The number of aromatic carboxylic acids is 1. The number of nitrogens with one attached hydrogen (secondary N) is 1. The highest BCUT2D eigenvalue weighted by molar-refractivity contribution is 9.10. The zero-order valence-electron chi connectivity index (χ0n) is 11.0. The van der Waals surface area contributed by atoms with Crippen molar-refractivity contribution in [2.24, 2.45) is 0 Å². The molecule has 0 saturated heterocycles. The summed E-state index contributed by atoms with van der Waals surface area (Å²) in [7, 11) is 0. The van der Waals surface area contributed by atoms with Crippen molar-refractivity contribution in [1.82, 2.24) is 0 Å². The van der Waals surface area contributed by atoms with Crippen LogP contribution < -0.4 is 5.32 Å². The van der Waals surface area contributed by atoms with Gasteiger partial charge in [-0.3, -0.25) is 4.79 Å². The van der Waals surface area contributed by atoms with Gasteiger partial charge < -0.3 is 10.4 Å². The van der Waals surface area contributed by atoms with E-state index in [9.17, 15) is 9.59 Å². The van der Waals surface area contributed by atoms with E-state index in [4.69, 9.17) is 16.7 Å². The molecule has 0 aromatic heterocycles. The van der Waals surface area contributed by atoms with E-state index in [0.717, 1.165) is 5.56 Å². The van der Waals surface area contributed by atoms with Crippen LogP contribution in [0.15, 0.2) is 40.9 Å². The zero-order valence-corrected chi connectivity index (χ0v) is 13.3. The van der Waals surface area contributed by atoms with Gasteiger partial charge in [0.2, 0.25) is 0 Å². The summed E-state index contributed by atoms with van der Waals surface area (Å²) in [5.74, 6) is -1.53. The molecule has 0 aliphatic rings. The van der Waals surface area contributed by atoms with Crippen LogP contribution in [0.3, 0.4) is 0 Å². The quantitative estimate of drug-likeness (QED) is 0.846. The number of anilines is 1. The summed E-state index contributed by atoms with van der Waals surface area (Å²) in [6, 6.07) is 9.53. The van der Waals surface area contributed by atoms with Crippen molar-refractivity contribution in [3.8, 4) is 0 Å². The minimum absolute atomic E-state index is 0.0101. The van der Waals surface area contributed by atoms with Gasteiger partial charge in [-0.1, -0.05) is 33.6 Å². The number of aryl methyl sites for hydroxylation is 1. The topological polar surface area (TPSA) is 66.4 Å².